The van der Waals surface area contributed by atoms with Gasteiger partial charge in [-0.15, -0.1) is 0 Å². The molecule has 1 aliphatic heterocycles. The van der Waals surface area contributed by atoms with Crippen LogP contribution in [0.15, 0.2) is 47.2 Å². The van der Waals surface area contributed by atoms with Crippen LogP contribution in [0.3, 0.4) is 0 Å². The van der Waals surface area contributed by atoms with Gasteiger partial charge in [0.1, 0.15) is 0 Å². The third kappa shape index (κ3) is 2.38. The first kappa shape index (κ1) is 13.3. The van der Waals surface area contributed by atoms with Gasteiger partial charge in [-0.25, -0.2) is 0 Å². The van der Waals surface area contributed by atoms with Gasteiger partial charge in [-0.05, 0) is 32.1 Å². The number of hydrazone groups is 1. The Morgan fingerprint density at radius 2 is 1.86 bits per heavy atom. The van der Waals surface area contributed by atoms with Crippen molar-refractivity contribution in [2.45, 2.75) is 13.8 Å². The number of para-hydroxylation sites is 1. The lowest BCUT2D eigenvalue weighted by atomic mass is 10.1. The summed E-state index contributed by atoms with van der Waals surface area (Å²) in [6.45, 7) is 3.77. The minimum absolute atomic E-state index is 0.109. The Labute approximate surface area is 123 Å². The number of carbonyl (C=O) groups excluding carboxylic acids is 1. The first-order valence-electron chi connectivity index (χ1n) is 6.73. The fourth-order valence-corrected chi connectivity index (χ4v) is 2.34. The molecule has 1 amide bonds. The van der Waals surface area contributed by atoms with E-state index in [9.17, 15) is 4.79 Å². The van der Waals surface area contributed by atoms with Crippen molar-refractivity contribution in [2.24, 2.45) is 12.1 Å². The standard InChI is InChI=1S/C16H16N4O/c1-11-13(10-19(3)17-11)9-15-12(2)18-20(16(15)21)14-7-5-4-6-8-14/h4-10H,1-3H3. The summed E-state index contributed by atoms with van der Waals surface area (Å²) < 4.78 is 1.74. The number of nitrogens with zero attached hydrogens (tertiary/aromatic N) is 4. The van der Waals surface area contributed by atoms with E-state index in [0.29, 0.717) is 11.3 Å². The lowest BCUT2D eigenvalue weighted by molar-refractivity contribution is -0.114. The summed E-state index contributed by atoms with van der Waals surface area (Å²) in [7, 11) is 1.86. The Morgan fingerprint density at radius 3 is 2.48 bits per heavy atom. The molecule has 1 aromatic carbocycles. The zero-order valence-electron chi connectivity index (χ0n) is 12.2. The predicted molar refractivity (Wildman–Crippen MR) is 83.0 cm³/mol. The van der Waals surface area contributed by atoms with Crippen LogP contribution in [0.1, 0.15) is 18.2 Å². The zero-order chi connectivity index (χ0) is 15.0. The van der Waals surface area contributed by atoms with E-state index in [0.717, 1.165) is 16.9 Å². The van der Waals surface area contributed by atoms with Crippen LogP contribution in [0.5, 0.6) is 0 Å². The number of anilines is 1. The molecule has 0 radical (unpaired) electrons. The maximum absolute atomic E-state index is 12.6. The Kier molecular flexibility index (Phi) is 3.17. The van der Waals surface area contributed by atoms with Crippen molar-refractivity contribution in [3.8, 4) is 0 Å². The van der Waals surface area contributed by atoms with Crippen LogP contribution in [-0.2, 0) is 11.8 Å². The molecule has 0 fully saturated rings. The van der Waals surface area contributed by atoms with Gasteiger partial charge in [-0.1, -0.05) is 18.2 Å². The molecule has 21 heavy (non-hydrogen) atoms. The number of hydrogen-bond donors (Lipinski definition) is 0. The molecule has 5 heteroatoms. The van der Waals surface area contributed by atoms with Gasteiger partial charge in [0.05, 0.1) is 22.7 Å². The molecule has 1 aliphatic rings. The molecule has 2 aromatic rings. The van der Waals surface area contributed by atoms with Crippen LogP contribution in [-0.4, -0.2) is 21.4 Å². The number of rotatable bonds is 2. The van der Waals surface area contributed by atoms with E-state index in [1.165, 1.54) is 5.01 Å². The van der Waals surface area contributed by atoms with Crippen molar-refractivity contribution in [1.29, 1.82) is 0 Å². The van der Waals surface area contributed by atoms with Gasteiger partial charge >= 0.3 is 0 Å². The topological polar surface area (TPSA) is 50.5 Å². The molecule has 106 valence electrons. The van der Waals surface area contributed by atoms with Crippen LogP contribution in [0, 0.1) is 6.92 Å². The third-order valence-corrected chi connectivity index (χ3v) is 3.41. The number of amides is 1. The van der Waals surface area contributed by atoms with Crippen molar-refractivity contribution in [3.63, 3.8) is 0 Å². The van der Waals surface area contributed by atoms with Crippen molar-refractivity contribution >= 4 is 23.4 Å². The van der Waals surface area contributed by atoms with Gasteiger partial charge in [-0.3, -0.25) is 9.48 Å². The smallest absolute Gasteiger partial charge is 0.275 e. The minimum Gasteiger partial charge on any atom is -0.275 e. The molecule has 5 nitrogen and oxygen atoms in total. The highest BCUT2D eigenvalue weighted by molar-refractivity contribution is 6.32. The molecule has 3 rings (SSSR count). The summed E-state index contributed by atoms with van der Waals surface area (Å²) in [5, 5.41) is 10.1. The van der Waals surface area contributed by atoms with Crippen molar-refractivity contribution in [3.05, 3.63) is 53.4 Å². The molecule has 0 unspecified atom stereocenters. The van der Waals surface area contributed by atoms with E-state index in [4.69, 9.17) is 0 Å². The second-order valence-corrected chi connectivity index (χ2v) is 5.04. The summed E-state index contributed by atoms with van der Waals surface area (Å²) in [6, 6.07) is 9.43. The Bertz CT molecular complexity index is 756. The minimum atomic E-state index is -0.109. The first-order valence-corrected chi connectivity index (χ1v) is 6.73. The molecule has 2 heterocycles. The normalized spacial score (nSPS) is 16.7. The van der Waals surface area contributed by atoms with Crippen LogP contribution in [0.4, 0.5) is 5.69 Å². The van der Waals surface area contributed by atoms with Crippen LogP contribution >= 0.6 is 0 Å². The number of hydrogen-bond acceptors (Lipinski definition) is 3. The Hall–Kier alpha value is -2.69. The highest BCUT2D eigenvalue weighted by Crippen LogP contribution is 2.25. The zero-order valence-corrected chi connectivity index (χ0v) is 12.2. The average molecular weight is 280 g/mol. The van der Waals surface area contributed by atoms with E-state index in [-0.39, 0.29) is 5.91 Å². The molecule has 0 bridgehead atoms. The highest BCUT2D eigenvalue weighted by Gasteiger charge is 2.28. The van der Waals surface area contributed by atoms with Gasteiger partial charge in [0.25, 0.3) is 5.91 Å². The van der Waals surface area contributed by atoms with Crippen LogP contribution < -0.4 is 5.01 Å². The number of benzene rings is 1. The van der Waals surface area contributed by atoms with Gasteiger partial charge in [0, 0.05) is 18.8 Å². The predicted octanol–water partition coefficient (Wildman–Crippen LogP) is 2.53. The van der Waals surface area contributed by atoms with E-state index < -0.39 is 0 Å². The molecule has 0 atom stereocenters. The van der Waals surface area contributed by atoms with Gasteiger partial charge in [0.2, 0.25) is 0 Å². The SMILES string of the molecule is CC1=NN(c2ccccc2)C(=O)C1=Cc1cn(C)nc1C. The number of aromatic nitrogens is 2. The molecule has 0 N–H and O–H groups in total. The van der Waals surface area contributed by atoms with Gasteiger partial charge in [-0.2, -0.15) is 15.2 Å². The van der Waals surface area contributed by atoms with Crippen molar-refractivity contribution < 1.29 is 4.79 Å². The van der Waals surface area contributed by atoms with Crippen molar-refractivity contribution in [1.82, 2.24) is 9.78 Å². The summed E-state index contributed by atoms with van der Waals surface area (Å²) in [4.78, 5) is 12.6. The van der Waals surface area contributed by atoms with Crippen molar-refractivity contribution in [2.75, 3.05) is 5.01 Å². The third-order valence-electron chi connectivity index (χ3n) is 3.41. The molecular formula is C16H16N4O. The average Bonchev–Trinajstić information content (AvgIpc) is 2.93. The maximum Gasteiger partial charge on any atom is 0.280 e. The second kappa shape index (κ2) is 5.01. The molecular weight excluding hydrogens is 264 g/mol. The van der Waals surface area contributed by atoms with Gasteiger partial charge in [0.15, 0.2) is 0 Å². The summed E-state index contributed by atoms with van der Waals surface area (Å²) in [5.74, 6) is -0.109. The fraction of sp³-hybridized carbons (Fsp3) is 0.188. The first-order chi connectivity index (χ1) is 10.1. The molecule has 1 aromatic heterocycles. The van der Waals surface area contributed by atoms with E-state index in [2.05, 4.69) is 10.2 Å². The maximum atomic E-state index is 12.6. The van der Waals surface area contributed by atoms with E-state index in [1.807, 2.05) is 63.5 Å². The highest BCUT2D eigenvalue weighted by atomic mass is 16.2. The summed E-state index contributed by atoms with van der Waals surface area (Å²) in [5.41, 5.74) is 3.92. The summed E-state index contributed by atoms with van der Waals surface area (Å²) >= 11 is 0. The van der Waals surface area contributed by atoms with E-state index in [1.54, 1.807) is 4.68 Å². The number of aryl methyl sites for hydroxylation is 2. The van der Waals surface area contributed by atoms with Crippen LogP contribution in [0.25, 0.3) is 6.08 Å². The Morgan fingerprint density at radius 1 is 1.14 bits per heavy atom. The quantitative estimate of drug-likeness (QED) is 0.794. The monoisotopic (exact) mass is 280 g/mol. The lowest BCUT2D eigenvalue weighted by Gasteiger charge is -2.10. The van der Waals surface area contributed by atoms with Crippen LogP contribution in [0.2, 0.25) is 0 Å². The second-order valence-electron chi connectivity index (χ2n) is 5.04. The molecule has 0 aliphatic carbocycles. The number of carbonyl (C=O) groups is 1. The fourth-order valence-electron chi connectivity index (χ4n) is 2.34. The molecule has 0 spiro atoms. The van der Waals surface area contributed by atoms with E-state index >= 15 is 0 Å². The Balaban J connectivity index is 1.98. The largest absolute Gasteiger partial charge is 0.280 e. The molecule has 0 saturated carbocycles. The summed E-state index contributed by atoms with van der Waals surface area (Å²) in [6.07, 6.45) is 3.75. The lowest BCUT2D eigenvalue weighted by Crippen LogP contribution is -2.21. The molecule has 0 saturated heterocycles. The van der Waals surface area contributed by atoms with Gasteiger partial charge < -0.3 is 0 Å².